The number of imidazole rings is 1. The third-order valence-electron chi connectivity index (χ3n) is 5.19. The number of rotatable bonds is 8. The standard InChI is InChI=1S/C20H28ClN3O2.C5H10.C3H8.C3H6.C2H6O.C2H6/c1-13(2)10-11-24(12-18-22-14(3)15(4)23(18)5)20(25)16-8-7-9-17(26-6)19(16)21;1-4-5(2)3;3*1-3-2;1-2/h7-9,13H,10-12H2,1-6H3;4-5H,1H2,2-3H3;3H2,1-2H3;3H,1H2,2H3;1-2H3;1-2H3. The second-order valence-corrected chi connectivity index (χ2v) is 10.4. The zero-order valence-electron chi connectivity index (χ0n) is 29.7. The third kappa shape index (κ3) is 21.2. The number of hydrogen-bond acceptors (Lipinski definition) is 4. The molecule has 0 radical (unpaired) electrons. The number of carbonyl (C=O) groups excluding carboxylic acids is 1. The number of nitrogens with zero attached hydrogens (tertiary/aromatic N) is 3. The Balaban J connectivity index is -0.000000375. The summed E-state index contributed by atoms with van der Waals surface area (Å²) in [4.78, 5) is 19.6. The molecular weight excluding hydrogens is 546 g/mol. The van der Waals surface area contributed by atoms with Gasteiger partial charge in [-0.2, -0.15) is 0 Å². The molecule has 0 aliphatic carbocycles. The van der Waals surface area contributed by atoms with E-state index >= 15 is 0 Å². The van der Waals surface area contributed by atoms with Crippen molar-refractivity contribution in [3.05, 3.63) is 71.3 Å². The lowest BCUT2D eigenvalue weighted by Gasteiger charge is -2.24. The molecule has 0 N–H and O–H groups in total. The van der Waals surface area contributed by atoms with E-state index in [2.05, 4.69) is 64.4 Å². The van der Waals surface area contributed by atoms with E-state index in [0.717, 1.165) is 23.6 Å². The summed E-state index contributed by atoms with van der Waals surface area (Å²) in [5.41, 5.74) is 2.55. The van der Waals surface area contributed by atoms with Crippen LogP contribution < -0.4 is 4.74 Å². The molecule has 0 atom stereocenters. The van der Waals surface area contributed by atoms with Crippen LogP contribution in [0.4, 0.5) is 0 Å². The number of methoxy groups -OCH3 is 2. The Hall–Kier alpha value is -2.57. The van der Waals surface area contributed by atoms with E-state index in [-0.39, 0.29) is 5.91 Å². The van der Waals surface area contributed by atoms with Gasteiger partial charge < -0.3 is 18.9 Å². The average Bonchev–Trinajstić information content (AvgIpc) is 3.19. The highest BCUT2D eigenvalue weighted by molar-refractivity contribution is 6.35. The average molecular weight is 610 g/mol. The van der Waals surface area contributed by atoms with Crippen LogP contribution in [0.25, 0.3) is 0 Å². The highest BCUT2D eigenvalue weighted by Crippen LogP contribution is 2.29. The van der Waals surface area contributed by atoms with Crippen molar-refractivity contribution in [3.8, 4) is 5.75 Å². The fourth-order valence-corrected chi connectivity index (χ4v) is 3.05. The van der Waals surface area contributed by atoms with Crippen LogP contribution >= 0.6 is 11.6 Å². The van der Waals surface area contributed by atoms with Crippen molar-refractivity contribution in [2.24, 2.45) is 18.9 Å². The van der Waals surface area contributed by atoms with Crippen molar-refractivity contribution in [3.63, 3.8) is 0 Å². The van der Waals surface area contributed by atoms with Gasteiger partial charge >= 0.3 is 0 Å². The van der Waals surface area contributed by atoms with Gasteiger partial charge in [-0.3, -0.25) is 4.79 Å². The number of carbonyl (C=O) groups is 1. The molecule has 0 unspecified atom stereocenters. The van der Waals surface area contributed by atoms with Gasteiger partial charge in [0.1, 0.15) is 11.6 Å². The lowest BCUT2D eigenvalue weighted by Crippen LogP contribution is -2.33. The summed E-state index contributed by atoms with van der Waals surface area (Å²) in [6, 6.07) is 5.28. The fraction of sp³-hybridized carbons (Fsp3) is 0.600. The second-order valence-electron chi connectivity index (χ2n) is 9.99. The number of aromatic nitrogens is 2. The Kier molecular flexibility index (Phi) is 33.0. The van der Waals surface area contributed by atoms with Gasteiger partial charge in [0, 0.05) is 33.5 Å². The van der Waals surface area contributed by atoms with Gasteiger partial charge in [-0.25, -0.2) is 4.98 Å². The first-order valence-electron chi connectivity index (χ1n) is 15.0. The van der Waals surface area contributed by atoms with Gasteiger partial charge in [0.2, 0.25) is 0 Å². The lowest BCUT2D eigenvalue weighted by molar-refractivity contribution is 0.0729. The summed E-state index contributed by atoms with van der Waals surface area (Å²) in [5, 5.41) is 0.349. The Labute approximate surface area is 265 Å². The van der Waals surface area contributed by atoms with Crippen molar-refractivity contribution in [2.75, 3.05) is 27.9 Å². The number of hydrogen-bond donors (Lipinski definition) is 0. The zero-order valence-corrected chi connectivity index (χ0v) is 30.5. The predicted octanol–water partition coefficient (Wildman–Crippen LogP) is 10.1. The van der Waals surface area contributed by atoms with E-state index < -0.39 is 0 Å². The molecule has 0 aliphatic rings. The molecule has 2 aromatic rings. The highest BCUT2D eigenvalue weighted by atomic mass is 35.5. The minimum Gasteiger partial charge on any atom is -0.495 e. The Morgan fingerprint density at radius 3 is 1.88 bits per heavy atom. The molecule has 0 saturated heterocycles. The number of allylic oxidation sites excluding steroid dienone is 2. The molecule has 6 nitrogen and oxygen atoms in total. The summed E-state index contributed by atoms with van der Waals surface area (Å²) in [6.45, 7) is 30.7. The molecule has 1 aromatic heterocycles. The maximum absolute atomic E-state index is 13.2. The minimum atomic E-state index is -0.104. The molecule has 0 saturated carbocycles. The van der Waals surface area contributed by atoms with Crippen LogP contribution in [-0.4, -0.2) is 48.2 Å². The molecule has 1 amide bonds. The van der Waals surface area contributed by atoms with Gasteiger partial charge in [0.25, 0.3) is 5.91 Å². The molecule has 0 aliphatic heterocycles. The summed E-state index contributed by atoms with van der Waals surface area (Å²) in [6.07, 6.45) is 5.83. The van der Waals surface area contributed by atoms with E-state index in [1.807, 2.05) is 57.2 Å². The number of amides is 1. The molecular formula is C35H64ClN3O3. The van der Waals surface area contributed by atoms with Crippen molar-refractivity contribution < 1.29 is 14.3 Å². The van der Waals surface area contributed by atoms with Crippen molar-refractivity contribution in [1.82, 2.24) is 14.5 Å². The van der Waals surface area contributed by atoms with Gasteiger partial charge in [-0.05, 0) is 51.2 Å². The summed E-state index contributed by atoms with van der Waals surface area (Å²) >= 11 is 6.38. The van der Waals surface area contributed by atoms with E-state index in [1.54, 1.807) is 45.6 Å². The Morgan fingerprint density at radius 2 is 1.55 bits per heavy atom. The number of benzene rings is 1. The first kappa shape index (κ1) is 46.4. The normalized spacial score (nSPS) is 9.19. The second kappa shape index (κ2) is 29.9. The number of halogens is 1. The maximum Gasteiger partial charge on any atom is 0.255 e. The monoisotopic (exact) mass is 609 g/mol. The van der Waals surface area contributed by atoms with Crippen LogP contribution in [0, 0.1) is 25.7 Å². The Bertz CT molecular complexity index is 951. The van der Waals surface area contributed by atoms with Crippen molar-refractivity contribution >= 4 is 17.5 Å². The fourth-order valence-electron chi connectivity index (χ4n) is 2.77. The van der Waals surface area contributed by atoms with Crippen LogP contribution in [0.5, 0.6) is 5.75 Å². The number of ether oxygens (including phenoxy) is 2. The molecule has 7 heteroatoms. The lowest BCUT2D eigenvalue weighted by atomic mass is 10.1. The molecule has 0 fully saturated rings. The summed E-state index contributed by atoms with van der Waals surface area (Å²) in [7, 11) is 6.78. The van der Waals surface area contributed by atoms with Crippen molar-refractivity contribution in [1.29, 1.82) is 0 Å². The van der Waals surface area contributed by atoms with Crippen LogP contribution in [-0.2, 0) is 18.3 Å². The minimum absolute atomic E-state index is 0.104. The topological polar surface area (TPSA) is 56.6 Å². The van der Waals surface area contributed by atoms with Crippen LogP contribution in [0.3, 0.4) is 0 Å². The quantitative estimate of drug-likeness (QED) is 0.279. The first-order chi connectivity index (χ1) is 19.8. The molecule has 1 heterocycles. The molecule has 0 spiro atoms. The van der Waals surface area contributed by atoms with Crippen LogP contribution in [0.15, 0.2) is 43.5 Å². The summed E-state index contributed by atoms with van der Waals surface area (Å²) < 4.78 is 11.5. The van der Waals surface area contributed by atoms with Gasteiger partial charge in [-0.15, -0.1) is 13.2 Å². The van der Waals surface area contributed by atoms with E-state index in [4.69, 9.17) is 16.3 Å². The van der Waals surface area contributed by atoms with Gasteiger partial charge in [0.15, 0.2) is 0 Å². The Morgan fingerprint density at radius 1 is 1.10 bits per heavy atom. The molecule has 0 bridgehead atoms. The van der Waals surface area contributed by atoms with E-state index in [1.165, 1.54) is 6.42 Å². The molecule has 2 rings (SSSR count). The van der Waals surface area contributed by atoms with Crippen LogP contribution in [0.1, 0.15) is 103 Å². The largest absolute Gasteiger partial charge is 0.495 e. The first-order valence-corrected chi connectivity index (χ1v) is 15.4. The SMILES string of the molecule is C=CC.C=CC(C)C.CC.CCC.COC.COc1cccc(C(=O)N(CCC(C)C)Cc2nc(C)c(C)n2C)c1Cl. The predicted molar refractivity (Wildman–Crippen MR) is 186 cm³/mol. The van der Waals surface area contributed by atoms with Gasteiger partial charge in [0.05, 0.1) is 29.9 Å². The smallest absolute Gasteiger partial charge is 0.255 e. The zero-order chi connectivity index (χ0) is 33.8. The molecule has 42 heavy (non-hydrogen) atoms. The van der Waals surface area contributed by atoms with Crippen molar-refractivity contribution in [2.45, 2.75) is 95.5 Å². The summed E-state index contributed by atoms with van der Waals surface area (Å²) in [5.74, 6) is 2.42. The maximum atomic E-state index is 13.2. The van der Waals surface area contributed by atoms with E-state index in [9.17, 15) is 4.79 Å². The highest BCUT2D eigenvalue weighted by Gasteiger charge is 2.22. The third-order valence-corrected chi connectivity index (χ3v) is 5.58. The number of aryl methyl sites for hydroxylation is 1. The van der Waals surface area contributed by atoms with E-state index in [0.29, 0.717) is 41.3 Å². The van der Waals surface area contributed by atoms with Gasteiger partial charge in [-0.1, -0.05) is 91.6 Å². The molecule has 1 aromatic carbocycles. The molecule has 244 valence electrons. The van der Waals surface area contributed by atoms with Crippen LogP contribution in [0.2, 0.25) is 5.02 Å².